The summed E-state index contributed by atoms with van der Waals surface area (Å²) in [6, 6.07) is 9.35. The molecule has 29 heavy (non-hydrogen) atoms. The highest BCUT2D eigenvalue weighted by molar-refractivity contribution is 5.75. The number of unbranched alkanes of at least 4 members (excludes halogenated alkanes) is 5. The Labute approximate surface area is 180 Å². The van der Waals surface area contributed by atoms with Gasteiger partial charge < -0.3 is 0 Å². The Hall–Kier alpha value is -1.30. The zero-order chi connectivity index (χ0) is 20.3. The first kappa shape index (κ1) is 22.4. The standard InChI is InChI=1S/C29H44/c1-3-5-7-9-11-25-14-18-27(19-15-25)29-22-20-28(21-23-29)26-16-12-24(13-17-26)10-8-6-4-2/h12-13,16-17,20-22,25,27,29H,3-11,14-15,18-19,23H2,1-2H3/t25-,27-,29?. The number of allylic oxidation sites excluding steroid dienone is 4. The van der Waals surface area contributed by atoms with Crippen LogP contribution in [0.4, 0.5) is 0 Å². The zero-order valence-corrected chi connectivity index (χ0v) is 19.2. The van der Waals surface area contributed by atoms with Gasteiger partial charge in [-0.15, -0.1) is 0 Å². The van der Waals surface area contributed by atoms with E-state index in [1.165, 1.54) is 107 Å². The number of rotatable bonds is 11. The van der Waals surface area contributed by atoms with Crippen LogP contribution in [0.2, 0.25) is 0 Å². The van der Waals surface area contributed by atoms with Crippen LogP contribution in [0.25, 0.3) is 5.57 Å². The minimum Gasteiger partial charge on any atom is -0.0802 e. The molecule has 0 aliphatic heterocycles. The highest BCUT2D eigenvalue weighted by atomic mass is 14.3. The first-order chi connectivity index (χ1) is 14.3. The van der Waals surface area contributed by atoms with E-state index in [1.807, 2.05) is 0 Å². The molecule has 2 aliphatic rings. The van der Waals surface area contributed by atoms with E-state index in [9.17, 15) is 0 Å². The smallest absolute Gasteiger partial charge is 0.0167 e. The van der Waals surface area contributed by atoms with Gasteiger partial charge in [-0.05, 0) is 66.6 Å². The van der Waals surface area contributed by atoms with Crippen molar-refractivity contribution in [2.45, 2.75) is 104 Å². The van der Waals surface area contributed by atoms with Crippen LogP contribution in [0.5, 0.6) is 0 Å². The van der Waals surface area contributed by atoms with Gasteiger partial charge in [0.15, 0.2) is 0 Å². The molecule has 0 amide bonds. The quantitative estimate of drug-likeness (QED) is 0.329. The molecule has 1 unspecified atom stereocenters. The molecule has 1 atom stereocenters. The topological polar surface area (TPSA) is 0 Å². The Morgan fingerprint density at radius 3 is 2.17 bits per heavy atom. The molecule has 0 N–H and O–H groups in total. The van der Waals surface area contributed by atoms with Crippen LogP contribution in [0, 0.1) is 17.8 Å². The number of hydrogen-bond acceptors (Lipinski definition) is 0. The summed E-state index contributed by atoms with van der Waals surface area (Å²) < 4.78 is 0. The molecule has 0 saturated heterocycles. The fraction of sp³-hybridized carbons (Fsp3) is 0.655. The van der Waals surface area contributed by atoms with E-state index in [4.69, 9.17) is 0 Å². The molecule has 0 aromatic heterocycles. The van der Waals surface area contributed by atoms with Crippen LogP contribution < -0.4 is 0 Å². The van der Waals surface area contributed by atoms with Gasteiger partial charge in [0.25, 0.3) is 0 Å². The normalized spacial score (nSPS) is 24.5. The maximum absolute atomic E-state index is 2.54. The second-order valence-corrected chi connectivity index (χ2v) is 9.70. The Morgan fingerprint density at radius 1 is 0.793 bits per heavy atom. The van der Waals surface area contributed by atoms with Crippen molar-refractivity contribution in [3.63, 3.8) is 0 Å². The molecule has 160 valence electrons. The van der Waals surface area contributed by atoms with Gasteiger partial charge in [0.1, 0.15) is 0 Å². The predicted octanol–water partition coefficient (Wildman–Crippen LogP) is 9.16. The van der Waals surface area contributed by atoms with E-state index >= 15 is 0 Å². The first-order valence-corrected chi connectivity index (χ1v) is 12.8. The number of benzene rings is 1. The van der Waals surface area contributed by atoms with Crippen molar-refractivity contribution in [3.05, 3.63) is 53.6 Å². The Kier molecular flexibility index (Phi) is 9.58. The van der Waals surface area contributed by atoms with E-state index in [1.54, 1.807) is 0 Å². The molecule has 1 aromatic carbocycles. The highest BCUT2D eigenvalue weighted by Gasteiger charge is 2.26. The van der Waals surface area contributed by atoms with Gasteiger partial charge in [0.2, 0.25) is 0 Å². The molecule has 0 heteroatoms. The maximum Gasteiger partial charge on any atom is -0.0167 e. The largest absolute Gasteiger partial charge is 0.0802 e. The first-order valence-electron chi connectivity index (χ1n) is 12.8. The lowest BCUT2D eigenvalue weighted by Gasteiger charge is -2.33. The van der Waals surface area contributed by atoms with Crippen LogP contribution in [-0.2, 0) is 6.42 Å². The zero-order valence-electron chi connectivity index (χ0n) is 19.2. The van der Waals surface area contributed by atoms with Gasteiger partial charge in [-0.1, -0.05) is 114 Å². The Bertz CT molecular complexity index is 625. The maximum atomic E-state index is 2.54. The van der Waals surface area contributed by atoms with Crippen molar-refractivity contribution in [3.8, 4) is 0 Å². The molecular formula is C29H44. The molecule has 0 nitrogen and oxygen atoms in total. The van der Waals surface area contributed by atoms with Crippen LogP contribution in [0.15, 0.2) is 42.5 Å². The van der Waals surface area contributed by atoms with Crippen LogP contribution in [0.3, 0.4) is 0 Å². The third-order valence-corrected chi connectivity index (χ3v) is 7.45. The highest BCUT2D eigenvalue weighted by Crippen LogP contribution is 2.39. The van der Waals surface area contributed by atoms with Crippen LogP contribution >= 0.6 is 0 Å². The number of aryl methyl sites for hydroxylation is 1. The van der Waals surface area contributed by atoms with Crippen molar-refractivity contribution < 1.29 is 0 Å². The second-order valence-electron chi connectivity index (χ2n) is 9.70. The number of hydrogen-bond donors (Lipinski definition) is 0. The van der Waals surface area contributed by atoms with Crippen molar-refractivity contribution in [1.82, 2.24) is 0 Å². The third-order valence-electron chi connectivity index (χ3n) is 7.45. The van der Waals surface area contributed by atoms with Crippen molar-refractivity contribution >= 4 is 5.57 Å². The van der Waals surface area contributed by atoms with Crippen molar-refractivity contribution in [2.75, 3.05) is 0 Å². The summed E-state index contributed by atoms with van der Waals surface area (Å²) >= 11 is 0. The van der Waals surface area contributed by atoms with E-state index in [2.05, 4.69) is 56.3 Å². The van der Waals surface area contributed by atoms with E-state index < -0.39 is 0 Å². The van der Waals surface area contributed by atoms with Crippen LogP contribution in [0.1, 0.15) is 108 Å². The molecule has 0 heterocycles. The Morgan fingerprint density at radius 2 is 1.52 bits per heavy atom. The average molecular weight is 393 g/mol. The van der Waals surface area contributed by atoms with Gasteiger partial charge in [-0.3, -0.25) is 0 Å². The minimum absolute atomic E-state index is 0.785. The summed E-state index contributed by atoms with van der Waals surface area (Å²) in [6.07, 6.45) is 27.0. The average Bonchev–Trinajstić information content (AvgIpc) is 2.78. The summed E-state index contributed by atoms with van der Waals surface area (Å²) in [5.41, 5.74) is 4.33. The summed E-state index contributed by atoms with van der Waals surface area (Å²) in [6.45, 7) is 4.59. The third kappa shape index (κ3) is 7.16. The molecule has 3 rings (SSSR count). The van der Waals surface area contributed by atoms with E-state index in [0.29, 0.717) is 0 Å². The lowest BCUT2D eigenvalue weighted by molar-refractivity contribution is 0.218. The summed E-state index contributed by atoms with van der Waals surface area (Å²) in [7, 11) is 0. The molecular weight excluding hydrogens is 348 g/mol. The Balaban J connectivity index is 1.41. The predicted molar refractivity (Wildman–Crippen MR) is 129 cm³/mol. The molecule has 2 aliphatic carbocycles. The lowest BCUT2D eigenvalue weighted by Crippen LogP contribution is -2.21. The molecule has 0 radical (unpaired) electrons. The molecule has 0 spiro atoms. The summed E-state index contributed by atoms with van der Waals surface area (Å²) in [4.78, 5) is 0. The molecule has 0 bridgehead atoms. The molecule has 1 aromatic rings. The summed E-state index contributed by atoms with van der Waals surface area (Å²) in [5, 5.41) is 0. The monoisotopic (exact) mass is 392 g/mol. The second kappa shape index (κ2) is 12.4. The SMILES string of the molecule is CCCCCC[C@H]1CC[C@H](C2C=CC(c3ccc(CCCCC)cc3)=CC2)CC1. The summed E-state index contributed by atoms with van der Waals surface area (Å²) in [5.74, 6) is 2.74. The minimum atomic E-state index is 0.785. The van der Waals surface area contributed by atoms with Crippen molar-refractivity contribution in [2.24, 2.45) is 17.8 Å². The fourth-order valence-corrected chi connectivity index (χ4v) is 5.41. The lowest BCUT2D eigenvalue weighted by atomic mass is 9.72. The van der Waals surface area contributed by atoms with Gasteiger partial charge in [0, 0.05) is 0 Å². The van der Waals surface area contributed by atoms with E-state index in [-0.39, 0.29) is 0 Å². The molecule has 1 fully saturated rings. The van der Waals surface area contributed by atoms with Gasteiger partial charge >= 0.3 is 0 Å². The van der Waals surface area contributed by atoms with Gasteiger partial charge in [-0.25, -0.2) is 0 Å². The molecule has 1 saturated carbocycles. The van der Waals surface area contributed by atoms with Gasteiger partial charge in [-0.2, -0.15) is 0 Å². The van der Waals surface area contributed by atoms with E-state index in [0.717, 1.165) is 17.8 Å². The van der Waals surface area contributed by atoms with Crippen LogP contribution in [-0.4, -0.2) is 0 Å². The van der Waals surface area contributed by atoms with Crippen molar-refractivity contribution in [1.29, 1.82) is 0 Å². The fourth-order valence-electron chi connectivity index (χ4n) is 5.41. The van der Waals surface area contributed by atoms with Gasteiger partial charge in [0.05, 0.1) is 0 Å².